The second-order valence-electron chi connectivity index (χ2n) is 4.27. The van der Waals surface area contributed by atoms with Crippen LogP contribution in [0.4, 0.5) is 4.39 Å². The Balaban J connectivity index is 2.26. The molecule has 0 fully saturated rings. The minimum Gasteiger partial charge on any atom is -0.309 e. The van der Waals surface area contributed by atoms with Crippen molar-refractivity contribution in [3.8, 4) is 0 Å². The lowest BCUT2D eigenvalue weighted by molar-refractivity contribution is 0.532. The lowest BCUT2D eigenvalue weighted by Crippen LogP contribution is -2.23. The SMILES string of the molecule is CCNC(Cc1cc(Cl)ccc1F)c1snnc1C. The van der Waals surface area contributed by atoms with E-state index < -0.39 is 0 Å². The predicted octanol–water partition coefficient (Wildman–Crippen LogP) is 3.53. The van der Waals surface area contributed by atoms with Crippen LogP contribution in [0.3, 0.4) is 0 Å². The molecule has 0 aliphatic rings. The standard InChI is InChI=1S/C13H15ClFN3S/c1-3-16-12(13-8(2)17-18-19-13)7-9-6-10(14)4-5-11(9)15/h4-6,12,16H,3,7H2,1-2H3. The summed E-state index contributed by atoms with van der Waals surface area (Å²) >= 11 is 7.27. The molecule has 1 atom stereocenters. The highest BCUT2D eigenvalue weighted by atomic mass is 35.5. The number of rotatable bonds is 5. The van der Waals surface area contributed by atoms with Crippen LogP contribution in [0.2, 0.25) is 5.02 Å². The number of aromatic nitrogens is 2. The molecule has 2 rings (SSSR count). The smallest absolute Gasteiger partial charge is 0.126 e. The number of hydrogen-bond acceptors (Lipinski definition) is 4. The zero-order valence-electron chi connectivity index (χ0n) is 10.8. The lowest BCUT2D eigenvalue weighted by Gasteiger charge is -2.17. The van der Waals surface area contributed by atoms with Crippen molar-refractivity contribution in [2.75, 3.05) is 6.54 Å². The van der Waals surface area contributed by atoms with Gasteiger partial charge in [-0.2, -0.15) is 0 Å². The Labute approximate surface area is 121 Å². The van der Waals surface area contributed by atoms with Gasteiger partial charge < -0.3 is 5.32 Å². The van der Waals surface area contributed by atoms with Gasteiger partial charge in [0.25, 0.3) is 0 Å². The summed E-state index contributed by atoms with van der Waals surface area (Å²) in [6.07, 6.45) is 0.533. The van der Waals surface area contributed by atoms with E-state index in [0.29, 0.717) is 17.0 Å². The van der Waals surface area contributed by atoms with Gasteiger partial charge in [-0.15, -0.1) is 5.10 Å². The highest BCUT2D eigenvalue weighted by Gasteiger charge is 2.18. The first-order chi connectivity index (χ1) is 9.11. The molecule has 19 heavy (non-hydrogen) atoms. The molecule has 6 heteroatoms. The van der Waals surface area contributed by atoms with E-state index in [1.165, 1.54) is 17.6 Å². The molecular formula is C13H15ClFN3S. The van der Waals surface area contributed by atoms with Crippen LogP contribution in [-0.4, -0.2) is 16.1 Å². The molecule has 0 aliphatic heterocycles. The van der Waals surface area contributed by atoms with Crippen molar-refractivity contribution >= 4 is 23.1 Å². The molecule has 1 N–H and O–H groups in total. The Hall–Kier alpha value is -1.04. The summed E-state index contributed by atoms with van der Waals surface area (Å²) in [6, 6.07) is 4.64. The third-order valence-electron chi connectivity index (χ3n) is 2.89. The quantitative estimate of drug-likeness (QED) is 0.918. The van der Waals surface area contributed by atoms with Gasteiger partial charge in [-0.3, -0.25) is 0 Å². The van der Waals surface area contributed by atoms with Crippen LogP contribution in [0.15, 0.2) is 18.2 Å². The van der Waals surface area contributed by atoms with Gasteiger partial charge in [0, 0.05) is 11.1 Å². The number of halogens is 2. The van der Waals surface area contributed by atoms with Gasteiger partial charge >= 0.3 is 0 Å². The third kappa shape index (κ3) is 3.49. The minimum absolute atomic E-state index is 0.0120. The zero-order valence-corrected chi connectivity index (χ0v) is 12.4. The molecule has 2 aromatic rings. The second-order valence-corrected chi connectivity index (χ2v) is 5.49. The molecule has 0 aliphatic carbocycles. The van der Waals surface area contributed by atoms with Gasteiger partial charge in [0.15, 0.2) is 0 Å². The summed E-state index contributed by atoms with van der Waals surface area (Å²) in [7, 11) is 0. The van der Waals surface area contributed by atoms with Gasteiger partial charge in [-0.1, -0.05) is 23.0 Å². The fourth-order valence-corrected chi connectivity index (χ4v) is 2.89. The first-order valence-corrected chi connectivity index (χ1v) is 7.23. The van der Waals surface area contributed by atoms with E-state index in [2.05, 4.69) is 14.9 Å². The summed E-state index contributed by atoms with van der Waals surface area (Å²) in [6.45, 7) is 4.73. The van der Waals surface area contributed by atoms with Crippen LogP contribution in [0.1, 0.15) is 29.1 Å². The maximum Gasteiger partial charge on any atom is 0.126 e. The molecule has 1 heterocycles. The van der Waals surface area contributed by atoms with E-state index in [4.69, 9.17) is 11.6 Å². The number of benzene rings is 1. The van der Waals surface area contributed by atoms with Crippen LogP contribution in [0.25, 0.3) is 0 Å². The molecule has 102 valence electrons. The summed E-state index contributed by atoms with van der Waals surface area (Å²) in [5.41, 5.74) is 1.49. The highest BCUT2D eigenvalue weighted by molar-refractivity contribution is 7.05. The zero-order chi connectivity index (χ0) is 13.8. The first-order valence-electron chi connectivity index (χ1n) is 6.08. The van der Waals surface area contributed by atoms with E-state index in [9.17, 15) is 4.39 Å². The van der Waals surface area contributed by atoms with Crippen molar-refractivity contribution in [1.82, 2.24) is 14.9 Å². The molecule has 0 saturated heterocycles. The Kier molecular flexibility index (Phi) is 4.85. The number of nitrogens with one attached hydrogen (secondary N) is 1. The Morgan fingerprint density at radius 3 is 2.89 bits per heavy atom. The Bertz CT molecular complexity index is 559. The topological polar surface area (TPSA) is 37.8 Å². The maximum absolute atomic E-state index is 13.8. The highest BCUT2D eigenvalue weighted by Crippen LogP contribution is 2.26. The number of hydrogen-bond donors (Lipinski definition) is 1. The van der Waals surface area contributed by atoms with E-state index in [0.717, 1.165) is 17.1 Å². The predicted molar refractivity (Wildman–Crippen MR) is 76.2 cm³/mol. The molecule has 0 amide bonds. The Morgan fingerprint density at radius 1 is 1.47 bits per heavy atom. The van der Waals surface area contributed by atoms with E-state index in [-0.39, 0.29) is 11.9 Å². The largest absolute Gasteiger partial charge is 0.309 e. The number of nitrogens with zero attached hydrogens (tertiary/aromatic N) is 2. The van der Waals surface area contributed by atoms with E-state index >= 15 is 0 Å². The molecule has 0 radical (unpaired) electrons. The average molecular weight is 300 g/mol. The number of likely N-dealkylation sites (N-methyl/N-ethyl adjacent to an activating group) is 1. The van der Waals surface area contributed by atoms with Gasteiger partial charge in [-0.25, -0.2) is 4.39 Å². The normalized spacial score (nSPS) is 12.6. The molecule has 1 unspecified atom stereocenters. The van der Waals surface area contributed by atoms with E-state index in [1.807, 2.05) is 13.8 Å². The first kappa shape index (κ1) is 14.4. The fourth-order valence-electron chi connectivity index (χ4n) is 1.98. The summed E-state index contributed by atoms with van der Waals surface area (Å²) in [4.78, 5) is 1.04. The van der Waals surface area contributed by atoms with Crippen molar-refractivity contribution in [2.24, 2.45) is 0 Å². The molecule has 1 aromatic heterocycles. The molecular weight excluding hydrogens is 285 g/mol. The van der Waals surface area contributed by atoms with Crippen molar-refractivity contribution in [1.29, 1.82) is 0 Å². The second kappa shape index (κ2) is 6.41. The Morgan fingerprint density at radius 2 is 2.26 bits per heavy atom. The molecule has 0 bridgehead atoms. The van der Waals surface area contributed by atoms with Crippen molar-refractivity contribution in [2.45, 2.75) is 26.3 Å². The van der Waals surface area contributed by atoms with Crippen molar-refractivity contribution < 1.29 is 4.39 Å². The third-order valence-corrected chi connectivity index (χ3v) is 4.06. The lowest BCUT2D eigenvalue weighted by atomic mass is 10.0. The summed E-state index contributed by atoms with van der Waals surface area (Å²) in [5, 5.41) is 7.90. The summed E-state index contributed by atoms with van der Waals surface area (Å²) < 4.78 is 17.7. The van der Waals surface area contributed by atoms with E-state index in [1.54, 1.807) is 12.1 Å². The number of aryl methyl sites for hydroxylation is 1. The van der Waals surface area contributed by atoms with Crippen LogP contribution < -0.4 is 5.32 Å². The molecule has 0 spiro atoms. The average Bonchev–Trinajstić information content (AvgIpc) is 2.79. The molecule has 0 saturated carbocycles. The van der Waals surface area contributed by atoms with Gasteiger partial charge in [0.05, 0.1) is 10.6 Å². The minimum atomic E-state index is -0.234. The van der Waals surface area contributed by atoms with Gasteiger partial charge in [0.2, 0.25) is 0 Å². The monoisotopic (exact) mass is 299 g/mol. The maximum atomic E-state index is 13.8. The van der Waals surface area contributed by atoms with Crippen LogP contribution >= 0.6 is 23.1 Å². The summed E-state index contributed by atoms with van der Waals surface area (Å²) in [5.74, 6) is -0.234. The molecule has 3 nitrogen and oxygen atoms in total. The van der Waals surface area contributed by atoms with Crippen LogP contribution in [-0.2, 0) is 6.42 Å². The van der Waals surface area contributed by atoms with Gasteiger partial charge in [-0.05, 0) is 55.2 Å². The van der Waals surface area contributed by atoms with Gasteiger partial charge in [0.1, 0.15) is 5.82 Å². The fraction of sp³-hybridized carbons (Fsp3) is 0.385. The van der Waals surface area contributed by atoms with Crippen LogP contribution in [0.5, 0.6) is 0 Å². The van der Waals surface area contributed by atoms with Crippen LogP contribution in [0, 0.1) is 12.7 Å². The van der Waals surface area contributed by atoms with Crippen molar-refractivity contribution in [3.05, 3.63) is 45.2 Å². The van der Waals surface area contributed by atoms with Crippen molar-refractivity contribution in [3.63, 3.8) is 0 Å². The molecule has 1 aromatic carbocycles.